The summed E-state index contributed by atoms with van der Waals surface area (Å²) in [6.07, 6.45) is -4.04. The maximum absolute atomic E-state index is 13.1. The van der Waals surface area contributed by atoms with Crippen LogP contribution >= 0.6 is 0 Å². The largest absolute Gasteiger partial charge is 0.433 e. The number of morpholine rings is 1. The summed E-state index contributed by atoms with van der Waals surface area (Å²) < 4.78 is 44.6. The number of nitrogens with two attached hydrogens (primary N) is 2. The SMILES string of the molecule is Cc1nnc(N[C@H](N)c2cc(N)cc(C(F)(F)F)n2)c2cc(N3CCOCC3)ncc12. The number of anilines is 3. The molecule has 164 valence electrons. The van der Waals surface area contributed by atoms with Gasteiger partial charge in [0.25, 0.3) is 0 Å². The molecule has 1 aliphatic heterocycles. The Morgan fingerprint density at radius 1 is 1.13 bits per heavy atom. The highest BCUT2D eigenvalue weighted by molar-refractivity contribution is 5.94. The molecule has 0 saturated carbocycles. The summed E-state index contributed by atoms with van der Waals surface area (Å²) in [7, 11) is 0. The number of nitrogens with one attached hydrogen (secondary N) is 1. The third kappa shape index (κ3) is 4.44. The molecular weight excluding hydrogens is 413 g/mol. The fraction of sp³-hybridized carbons (Fsp3) is 0.368. The van der Waals surface area contributed by atoms with Gasteiger partial charge in [-0.3, -0.25) is 0 Å². The first-order valence-corrected chi connectivity index (χ1v) is 9.55. The minimum Gasteiger partial charge on any atom is -0.399 e. The highest BCUT2D eigenvalue weighted by atomic mass is 19.4. The van der Waals surface area contributed by atoms with Crippen molar-refractivity contribution in [1.82, 2.24) is 20.2 Å². The van der Waals surface area contributed by atoms with Gasteiger partial charge in [-0.15, -0.1) is 5.10 Å². The maximum Gasteiger partial charge on any atom is 0.433 e. The van der Waals surface area contributed by atoms with Gasteiger partial charge in [0.1, 0.15) is 17.7 Å². The maximum atomic E-state index is 13.1. The molecule has 0 unspecified atom stereocenters. The zero-order valence-corrected chi connectivity index (χ0v) is 16.6. The normalized spacial score (nSPS) is 15.8. The monoisotopic (exact) mass is 434 g/mol. The van der Waals surface area contributed by atoms with Crippen molar-refractivity contribution in [2.75, 3.05) is 42.3 Å². The van der Waals surface area contributed by atoms with Crippen LogP contribution in [0.4, 0.5) is 30.5 Å². The third-order valence-electron chi connectivity index (χ3n) is 4.94. The average Bonchev–Trinajstić information content (AvgIpc) is 2.75. The fourth-order valence-corrected chi connectivity index (χ4v) is 3.33. The molecule has 0 bridgehead atoms. The van der Waals surface area contributed by atoms with Crippen molar-refractivity contribution in [1.29, 1.82) is 0 Å². The van der Waals surface area contributed by atoms with Crippen LogP contribution in [0.3, 0.4) is 0 Å². The summed E-state index contributed by atoms with van der Waals surface area (Å²) in [6, 6.07) is 3.90. The van der Waals surface area contributed by atoms with Gasteiger partial charge in [-0.25, -0.2) is 9.97 Å². The van der Waals surface area contributed by atoms with E-state index >= 15 is 0 Å². The van der Waals surface area contributed by atoms with Crippen LogP contribution in [0.25, 0.3) is 10.8 Å². The summed E-state index contributed by atoms with van der Waals surface area (Å²) in [5, 5.41) is 12.6. The van der Waals surface area contributed by atoms with E-state index in [0.717, 1.165) is 17.3 Å². The third-order valence-corrected chi connectivity index (χ3v) is 4.94. The highest BCUT2D eigenvalue weighted by Crippen LogP contribution is 2.31. The number of aryl methyl sites for hydroxylation is 1. The molecule has 0 amide bonds. The van der Waals surface area contributed by atoms with Crippen molar-refractivity contribution in [3.63, 3.8) is 0 Å². The van der Waals surface area contributed by atoms with Gasteiger partial charge in [0.05, 0.1) is 24.6 Å². The molecular formula is C19H21F3N8O. The number of aromatic nitrogens is 4. The van der Waals surface area contributed by atoms with Crippen LogP contribution in [-0.4, -0.2) is 46.5 Å². The lowest BCUT2D eigenvalue weighted by molar-refractivity contribution is -0.141. The van der Waals surface area contributed by atoms with E-state index in [-0.39, 0.29) is 11.4 Å². The molecule has 4 rings (SSSR count). The number of nitrogens with zero attached hydrogens (tertiary/aromatic N) is 5. The molecule has 0 radical (unpaired) electrons. The first-order chi connectivity index (χ1) is 14.7. The fourth-order valence-electron chi connectivity index (χ4n) is 3.33. The summed E-state index contributed by atoms with van der Waals surface area (Å²) >= 11 is 0. The zero-order valence-electron chi connectivity index (χ0n) is 16.6. The molecule has 1 saturated heterocycles. The second kappa shape index (κ2) is 8.12. The van der Waals surface area contributed by atoms with Crippen molar-refractivity contribution in [3.05, 3.63) is 41.5 Å². The first kappa shape index (κ1) is 21.0. The van der Waals surface area contributed by atoms with Crippen LogP contribution in [0.15, 0.2) is 24.4 Å². The van der Waals surface area contributed by atoms with Gasteiger partial charge in [-0.2, -0.15) is 18.3 Å². The quantitative estimate of drug-likeness (QED) is 0.530. The van der Waals surface area contributed by atoms with Gasteiger partial charge in [0, 0.05) is 35.7 Å². The van der Waals surface area contributed by atoms with Crippen LogP contribution in [0.2, 0.25) is 0 Å². The van der Waals surface area contributed by atoms with Crippen molar-refractivity contribution in [2.24, 2.45) is 5.73 Å². The van der Waals surface area contributed by atoms with Crippen LogP contribution in [-0.2, 0) is 10.9 Å². The summed E-state index contributed by atoms with van der Waals surface area (Å²) in [4.78, 5) is 10.2. The molecule has 0 spiro atoms. The van der Waals surface area contributed by atoms with E-state index < -0.39 is 18.0 Å². The molecule has 3 aromatic heterocycles. The Balaban J connectivity index is 1.69. The predicted octanol–water partition coefficient (Wildman–Crippen LogP) is 2.24. The van der Waals surface area contributed by atoms with Crippen molar-refractivity contribution >= 4 is 28.1 Å². The number of alkyl halides is 3. The number of fused-ring (bicyclic) bond motifs is 1. The Morgan fingerprint density at radius 3 is 2.58 bits per heavy atom. The lowest BCUT2D eigenvalue weighted by atomic mass is 10.1. The molecule has 0 aromatic carbocycles. The van der Waals surface area contributed by atoms with E-state index in [0.29, 0.717) is 43.2 Å². The lowest BCUT2D eigenvalue weighted by Crippen LogP contribution is -2.36. The second-order valence-electron chi connectivity index (χ2n) is 7.15. The second-order valence-corrected chi connectivity index (χ2v) is 7.15. The summed E-state index contributed by atoms with van der Waals surface area (Å²) in [5.41, 5.74) is 11.1. The highest BCUT2D eigenvalue weighted by Gasteiger charge is 2.33. The van der Waals surface area contributed by atoms with Gasteiger partial charge >= 0.3 is 6.18 Å². The Bertz CT molecular complexity index is 1100. The van der Waals surface area contributed by atoms with E-state index in [4.69, 9.17) is 16.2 Å². The molecule has 0 aliphatic carbocycles. The van der Waals surface area contributed by atoms with Crippen LogP contribution in [0.1, 0.15) is 23.2 Å². The molecule has 4 heterocycles. The molecule has 1 fully saturated rings. The number of hydrogen-bond donors (Lipinski definition) is 3. The minimum absolute atomic E-state index is 0.0645. The van der Waals surface area contributed by atoms with Crippen LogP contribution in [0, 0.1) is 6.92 Å². The molecule has 1 atom stereocenters. The van der Waals surface area contributed by atoms with Gasteiger partial charge in [0.2, 0.25) is 0 Å². The number of hydrogen-bond acceptors (Lipinski definition) is 9. The number of halogens is 3. The van der Waals surface area contributed by atoms with Crippen molar-refractivity contribution in [3.8, 4) is 0 Å². The van der Waals surface area contributed by atoms with E-state index in [1.54, 1.807) is 13.1 Å². The summed E-state index contributed by atoms with van der Waals surface area (Å²) in [5.74, 6) is 1.05. The molecule has 3 aromatic rings. The smallest absolute Gasteiger partial charge is 0.399 e. The number of nitrogen functional groups attached to an aromatic ring is 1. The van der Waals surface area contributed by atoms with Gasteiger partial charge < -0.3 is 26.4 Å². The Hall–Kier alpha value is -3.25. The van der Waals surface area contributed by atoms with E-state index in [1.807, 2.05) is 6.07 Å². The molecule has 5 N–H and O–H groups in total. The van der Waals surface area contributed by atoms with Gasteiger partial charge in [0.15, 0.2) is 5.82 Å². The van der Waals surface area contributed by atoms with Gasteiger partial charge in [-0.1, -0.05) is 0 Å². The molecule has 12 heteroatoms. The summed E-state index contributed by atoms with van der Waals surface area (Å²) in [6.45, 7) is 4.40. The van der Waals surface area contributed by atoms with Crippen molar-refractivity contribution in [2.45, 2.75) is 19.3 Å². The lowest BCUT2D eigenvalue weighted by Gasteiger charge is -2.28. The topological polar surface area (TPSA) is 128 Å². The predicted molar refractivity (Wildman–Crippen MR) is 109 cm³/mol. The zero-order chi connectivity index (χ0) is 22.2. The number of rotatable bonds is 4. The van der Waals surface area contributed by atoms with E-state index in [1.165, 1.54) is 6.07 Å². The average molecular weight is 434 g/mol. The Morgan fingerprint density at radius 2 is 1.87 bits per heavy atom. The Labute approximate surface area is 175 Å². The Kier molecular flexibility index (Phi) is 5.50. The van der Waals surface area contributed by atoms with E-state index in [9.17, 15) is 13.2 Å². The standard InChI is InChI=1S/C19H21F3N8O/c1-10-13-9-25-16(30-2-4-31-5-3-30)8-12(13)18(29-28-10)27-17(24)14-6-11(23)7-15(26-14)19(20,21)22/h6-9,17H,2-5,24H2,1H3,(H2,23,26)(H,27,29)/t17-/m0/s1. The van der Waals surface area contributed by atoms with E-state index in [2.05, 4.69) is 30.4 Å². The number of ether oxygens (including phenoxy) is 1. The van der Waals surface area contributed by atoms with Crippen LogP contribution in [0.5, 0.6) is 0 Å². The minimum atomic E-state index is -4.64. The molecule has 31 heavy (non-hydrogen) atoms. The van der Waals surface area contributed by atoms with Gasteiger partial charge in [-0.05, 0) is 25.1 Å². The molecule has 1 aliphatic rings. The first-order valence-electron chi connectivity index (χ1n) is 9.55. The van der Waals surface area contributed by atoms with Crippen molar-refractivity contribution < 1.29 is 17.9 Å². The van der Waals surface area contributed by atoms with Crippen LogP contribution < -0.4 is 21.7 Å². The molecule has 9 nitrogen and oxygen atoms in total. The number of pyridine rings is 2.